The molecule has 0 bridgehead atoms. The van der Waals surface area contributed by atoms with E-state index in [9.17, 15) is 4.39 Å². The van der Waals surface area contributed by atoms with Crippen LogP contribution in [0.4, 0.5) is 10.1 Å². The number of imidazole rings is 1. The first-order chi connectivity index (χ1) is 14.1. The molecule has 0 saturated carbocycles. The van der Waals surface area contributed by atoms with Gasteiger partial charge >= 0.3 is 0 Å². The molecular weight excluding hydrogens is 371 g/mol. The van der Waals surface area contributed by atoms with Gasteiger partial charge in [-0.1, -0.05) is 12.1 Å². The predicted octanol–water partition coefficient (Wildman–Crippen LogP) is 3.65. The van der Waals surface area contributed by atoms with E-state index in [1.165, 1.54) is 12.1 Å². The number of aromatic nitrogens is 2. The molecule has 0 radical (unpaired) electrons. The first-order valence-electron chi connectivity index (χ1n) is 10.1. The Balaban J connectivity index is 1.55. The van der Waals surface area contributed by atoms with Gasteiger partial charge in [0.2, 0.25) is 0 Å². The van der Waals surface area contributed by atoms with Gasteiger partial charge in [-0.15, -0.1) is 0 Å². The summed E-state index contributed by atoms with van der Waals surface area (Å²) in [6.07, 6.45) is 0.177. The van der Waals surface area contributed by atoms with Crippen molar-refractivity contribution in [1.82, 2.24) is 14.9 Å². The van der Waals surface area contributed by atoms with Crippen LogP contribution in [0.1, 0.15) is 24.4 Å². The third-order valence-corrected chi connectivity index (χ3v) is 5.79. The molecule has 152 valence electrons. The minimum atomic E-state index is -0.286. The van der Waals surface area contributed by atoms with Gasteiger partial charge in [-0.3, -0.25) is 4.90 Å². The molecule has 3 atom stereocenters. The van der Waals surface area contributed by atoms with E-state index in [1.54, 1.807) is 0 Å². The Bertz CT molecular complexity index is 1040. The minimum Gasteiger partial charge on any atom is -0.491 e. The van der Waals surface area contributed by atoms with Crippen molar-refractivity contribution in [2.45, 2.75) is 32.0 Å². The molecule has 1 aromatic heterocycles. The number of ether oxygens (including phenoxy) is 2. The van der Waals surface area contributed by atoms with Crippen LogP contribution in [0, 0.1) is 12.7 Å². The summed E-state index contributed by atoms with van der Waals surface area (Å²) < 4.78 is 25.5. The molecule has 0 aliphatic carbocycles. The zero-order chi connectivity index (χ0) is 20.0. The maximum Gasteiger partial charge on any atom is 0.127 e. The summed E-state index contributed by atoms with van der Waals surface area (Å²) in [5, 5.41) is 3.71. The van der Waals surface area contributed by atoms with Crippen LogP contribution in [0.15, 0.2) is 36.4 Å². The van der Waals surface area contributed by atoms with Crippen LogP contribution < -0.4 is 10.1 Å². The topological polar surface area (TPSA) is 62.4 Å². The Morgan fingerprint density at radius 3 is 3.03 bits per heavy atom. The maximum absolute atomic E-state index is 13.8. The van der Waals surface area contributed by atoms with Gasteiger partial charge in [0.05, 0.1) is 36.0 Å². The third kappa shape index (κ3) is 3.45. The number of anilines is 1. The van der Waals surface area contributed by atoms with Gasteiger partial charge in [0.1, 0.15) is 29.5 Å². The lowest BCUT2D eigenvalue weighted by Gasteiger charge is -2.44. The summed E-state index contributed by atoms with van der Waals surface area (Å²) in [4.78, 5) is 10.4. The molecule has 6 nitrogen and oxygen atoms in total. The molecule has 5 rings (SSSR count). The number of hydrogen-bond donors (Lipinski definition) is 2. The fourth-order valence-corrected chi connectivity index (χ4v) is 4.44. The number of nitrogens with zero attached hydrogens (tertiary/aromatic N) is 2. The highest BCUT2D eigenvalue weighted by molar-refractivity contribution is 5.88. The average Bonchev–Trinajstić information content (AvgIpc) is 3.09. The van der Waals surface area contributed by atoms with Crippen molar-refractivity contribution in [3.63, 3.8) is 0 Å². The van der Waals surface area contributed by atoms with Crippen molar-refractivity contribution in [1.29, 1.82) is 0 Å². The molecule has 2 aliphatic heterocycles. The zero-order valence-electron chi connectivity index (χ0n) is 16.6. The first-order valence-corrected chi connectivity index (χ1v) is 10.1. The molecule has 29 heavy (non-hydrogen) atoms. The second-order valence-electron chi connectivity index (χ2n) is 7.88. The fourth-order valence-electron chi connectivity index (χ4n) is 4.44. The van der Waals surface area contributed by atoms with Crippen molar-refractivity contribution in [3.8, 4) is 5.75 Å². The maximum atomic E-state index is 13.8. The lowest BCUT2D eigenvalue weighted by Crippen LogP contribution is -2.54. The summed E-state index contributed by atoms with van der Waals surface area (Å²) in [5.41, 5.74) is 3.83. The molecule has 1 saturated heterocycles. The number of hydrogen-bond acceptors (Lipinski definition) is 5. The van der Waals surface area contributed by atoms with Crippen LogP contribution in [0.3, 0.4) is 0 Å². The number of H-pyrrole nitrogens is 1. The van der Waals surface area contributed by atoms with E-state index in [4.69, 9.17) is 9.47 Å². The van der Waals surface area contributed by atoms with E-state index in [2.05, 4.69) is 27.1 Å². The fraction of sp³-hybridized carbons (Fsp3) is 0.409. The number of aryl methyl sites for hydroxylation is 1. The van der Waals surface area contributed by atoms with Crippen molar-refractivity contribution >= 4 is 16.7 Å². The monoisotopic (exact) mass is 396 g/mol. The quantitative estimate of drug-likeness (QED) is 0.708. The molecule has 7 heteroatoms. The molecule has 1 fully saturated rings. The molecule has 3 aromatic rings. The molecular formula is C22H25FN4O2. The van der Waals surface area contributed by atoms with Crippen molar-refractivity contribution < 1.29 is 13.9 Å². The number of para-hydroxylation sites is 1. The van der Waals surface area contributed by atoms with E-state index in [0.717, 1.165) is 41.2 Å². The standard InChI is InChI=1S/C22H25FN4O2/c1-13-11-27(8-9-28-13)19-12-29-20-10-15(23)6-7-16(20)21(19)26-18-5-3-4-17-22(18)25-14(2)24-17/h3-7,10,13,19,21,26H,8-9,11-12H2,1-2H3,(H,24,25)/t13-,19+,21+/m1/s1. The van der Waals surface area contributed by atoms with Gasteiger partial charge in [-0.05, 0) is 32.0 Å². The third-order valence-electron chi connectivity index (χ3n) is 5.79. The number of aromatic amines is 1. The van der Waals surface area contributed by atoms with Gasteiger partial charge in [-0.25, -0.2) is 9.37 Å². The smallest absolute Gasteiger partial charge is 0.127 e. The van der Waals surface area contributed by atoms with Crippen LogP contribution in [-0.2, 0) is 4.74 Å². The van der Waals surface area contributed by atoms with E-state index in [-0.39, 0.29) is 24.0 Å². The van der Waals surface area contributed by atoms with Gasteiger partial charge in [0.15, 0.2) is 0 Å². The summed E-state index contributed by atoms with van der Waals surface area (Å²) in [6.45, 7) is 6.93. The Labute approximate surface area is 169 Å². The lowest BCUT2D eigenvalue weighted by atomic mass is 9.94. The van der Waals surface area contributed by atoms with Gasteiger partial charge in [0, 0.05) is 24.7 Å². The van der Waals surface area contributed by atoms with Crippen LogP contribution >= 0.6 is 0 Å². The summed E-state index contributed by atoms with van der Waals surface area (Å²) in [6, 6.07) is 10.9. The number of fused-ring (bicyclic) bond motifs is 2. The largest absolute Gasteiger partial charge is 0.491 e. The number of rotatable bonds is 3. The van der Waals surface area contributed by atoms with E-state index >= 15 is 0 Å². The molecule has 0 unspecified atom stereocenters. The van der Waals surface area contributed by atoms with Gasteiger partial charge in [-0.2, -0.15) is 0 Å². The SMILES string of the molecule is Cc1nc2c(N[C@H]3c4ccc(F)cc4OC[C@@H]3N3CCO[C@H](C)C3)cccc2[nH]1. The van der Waals surface area contributed by atoms with Crippen molar-refractivity contribution in [2.24, 2.45) is 0 Å². The summed E-state index contributed by atoms with van der Waals surface area (Å²) >= 11 is 0. The molecule has 2 N–H and O–H groups in total. The molecule has 0 spiro atoms. The number of morpholine rings is 1. The van der Waals surface area contributed by atoms with Crippen molar-refractivity contribution in [3.05, 3.63) is 53.6 Å². The average molecular weight is 396 g/mol. The van der Waals surface area contributed by atoms with E-state index < -0.39 is 0 Å². The highest BCUT2D eigenvalue weighted by atomic mass is 19.1. The van der Waals surface area contributed by atoms with Crippen LogP contribution in [0.25, 0.3) is 11.0 Å². The predicted molar refractivity (Wildman–Crippen MR) is 110 cm³/mol. The summed E-state index contributed by atoms with van der Waals surface area (Å²) in [7, 11) is 0. The van der Waals surface area contributed by atoms with Crippen LogP contribution in [-0.4, -0.2) is 53.3 Å². The van der Waals surface area contributed by atoms with Crippen LogP contribution in [0.5, 0.6) is 5.75 Å². The number of halogens is 1. The molecule has 3 heterocycles. The first kappa shape index (κ1) is 18.4. The Morgan fingerprint density at radius 2 is 2.17 bits per heavy atom. The molecule has 2 aliphatic rings. The number of benzene rings is 2. The Kier molecular flexibility index (Phi) is 4.64. The van der Waals surface area contributed by atoms with E-state index in [0.29, 0.717) is 19.0 Å². The van der Waals surface area contributed by atoms with Gasteiger partial charge in [0.25, 0.3) is 0 Å². The zero-order valence-corrected chi connectivity index (χ0v) is 16.6. The lowest BCUT2D eigenvalue weighted by molar-refractivity contribution is -0.0465. The number of nitrogens with one attached hydrogen (secondary N) is 2. The molecule has 0 amide bonds. The Morgan fingerprint density at radius 1 is 1.28 bits per heavy atom. The summed E-state index contributed by atoms with van der Waals surface area (Å²) in [5.74, 6) is 1.19. The highest BCUT2D eigenvalue weighted by Gasteiger charge is 2.37. The minimum absolute atomic E-state index is 0.0488. The second-order valence-corrected chi connectivity index (χ2v) is 7.88. The highest BCUT2D eigenvalue weighted by Crippen LogP contribution is 2.38. The van der Waals surface area contributed by atoms with Gasteiger partial charge < -0.3 is 19.8 Å². The molecule has 2 aromatic carbocycles. The normalized spacial score (nSPS) is 24.9. The Hall–Kier alpha value is -2.64. The van der Waals surface area contributed by atoms with E-state index in [1.807, 2.05) is 31.2 Å². The van der Waals surface area contributed by atoms with Crippen LogP contribution in [0.2, 0.25) is 0 Å². The van der Waals surface area contributed by atoms with Crippen molar-refractivity contribution in [2.75, 3.05) is 31.6 Å². The second kappa shape index (κ2) is 7.31.